The van der Waals surface area contributed by atoms with Gasteiger partial charge in [0.1, 0.15) is 29.4 Å². The molecule has 0 fully saturated rings. The summed E-state index contributed by atoms with van der Waals surface area (Å²) in [5, 5.41) is 24.4. The van der Waals surface area contributed by atoms with Crippen LogP contribution in [0.3, 0.4) is 0 Å². The summed E-state index contributed by atoms with van der Waals surface area (Å²) >= 11 is 0. The van der Waals surface area contributed by atoms with Gasteiger partial charge >= 0.3 is 11.9 Å². The van der Waals surface area contributed by atoms with Crippen LogP contribution in [0.5, 0.6) is 0 Å². The number of carbonyl (C=O) groups excluding carboxylic acids is 3. The van der Waals surface area contributed by atoms with Crippen molar-refractivity contribution in [2.45, 2.75) is 79.2 Å². The number of aromatic nitrogens is 4. The lowest BCUT2D eigenvalue weighted by Gasteiger charge is -2.21. The molecule has 72 heavy (non-hydrogen) atoms. The first kappa shape index (κ1) is 52.4. The Balaban J connectivity index is 0.000000212. The normalized spacial score (nSPS) is 13.4. The number of esters is 1. The molecule has 0 aliphatic carbocycles. The SMILES string of the molecule is COCCOCc1cccc(CN2CCn3nc(C)c(C(=O)N[C@@H](C)c4ccc(C(=O)OC)cc4)c32)c1.Cc1nn2c(c1C(=O)N[C@@H](C)c1ccc(C(=O)O)cc1)N(Cc1cccc(COCCF)c1)CC2. The molecule has 18 heteroatoms. The fourth-order valence-electron chi connectivity index (χ4n) is 8.87. The Morgan fingerprint density at radius 2 is 1.07 bits per heavy atom. The number of rotatable bonds is 21. The molecule has 380 valence electrons. The smallest absolute Gasteiger partial charge is 0.337 e. The Hall–Kier alpha value is -7.41. The second kappa shape index (κ2) is 24.6. The number of hydrogen-bond donors (Lipinski definition) is 3. The first-order chi connectivity index (χ1) is 34.8. The highest BCUT2D eigenvalue weighted by Gasteiger charge is 2.32. The van der Waals surface area contributed by atoms with Crippen LogP contribution < -0.4 is 20.4 Å². The predicted molar refractivity (Wildman–Crippen MR) is 269 cm³/mol. The van der Waals surface area contributed by atoms with Crippen molar-refractivity contribution in [2.24, 2.45) is 0 Å². The quantitative estimate of drug-likeness (QED) is 0.0474. The molecule has 6 aromatic rings. The Morgan fingerprint density at radius 3 is 1.50 bits per heavy atom. The summed E-state index contributed by atoms with van der Waals surface area (Å²) in [6, 6.07) is 29.2. The first-order valence-corrected chi connectivity index (χ1v) is 23.9. The molecule has 4 aromatic carbocycles. The van der Waals surface area contributed by atoms with Gasteiger partial charge in [-0.3, -0.25) is 9.59 Å². The number of carbonyl (C=O) groups is 4. The molecule has 0 radical (unpaired) electrons. The van der Waals surface area contributed by atoms with E-state index in [0.29, 0.717) is 74.1 Å². The number of carboxylic acids is 1. The maximum Gasteiger partial charge on any atom is 0.337 e. The highest BCUT2D eigenvalue weighted by atomic mass is 19.1. The van der Waals surface area contributed by atoms with Crippen LogP contribution in [0.15, 0.2) is 97.1 Å². The molecule has 0 saturated carbocycles. The molecular formula is C54H63FN8O9. The Morgan fingerprint density at radius 1 is 0.625 bits per heavy atom. The molecule has 3 N–H and O–H groups in total. The van der Waals surface area contributed by atoms with Gasteiger partial charge in [-0.25, -0.2) is 23.3 Å². The minimum Gasteiger partial charge on any atom is -0.478 e. The number of methoxy groups -OCH3 is 2. The van der Waals surface area contributed by atoms with Gasteiger partial charge in [-0.2, -0.15) is 10.2 Å². The van der Waals surface area contributed by atoms with Crippen LogP contribution in [-0.2, 0) is 58.3 Å². The minimum atomic E-state index is -0.989. The summed E-state index contributed by atoms with van der Waals surface area (Å²) in [4.78, 5) is 53.9. The third kappa shape index (κ3) is 12.9. The van der Waals surface area contributed by atoms with Gasteiger partial charge in [-0.15, -0.1) is 0 Å². The monoisotopic (exact) mass is 986 g/mol. The van der Waals surface area contributed by atoms with Crippen LogP contribution in [0.2, 0.25) is 0 Å². The lowest BCUT2D eigenvalue weighted by atomic mass is 10.1. The van der Waals surface area contributed by atoms with Gasteiger partial charge in [0.25, 0.3) is 11.8 Å². The molecular weight excluding hydrogens is 924 g/mol. The minimum absolute atomic E-state index is 0.0788. The van der Waals surface area contributed by atoms with Crippen LogP contribution >= 0.6 is 0 Å². The molecule has 0 spiro atoms. The lowest BCUT2D eigenvalue weighted by Crippen LogP contribution is -2.29. The predicted octanol–water partition coefficient (Wildman–Crippen LogP) is 7.54. The number of alkyl halides is 1. The number of ether oxygens (including phenoxy) is 4. The van der Waals surface area contributed by atoms with Crippen molar-refractivity contribution in [2.75, 3.05) is 63.6 Å². The molecule has 2 aliphatic rings. The number of aromatic carboxylic acids is 1. The van der Waals surface area contributed by atoms with Gasteiger partial charge in [-0.1, -0.05) is 72.8 Å². The topological polar surface area (TPSA) is 192 Å². The van der Waals surface area contributed by atoms with Gasteiger partial charge in [0.2, 0.25) is 0 Å². The summed E-state index contributed by atoms with van der Waals surface area (Å²) < 4.78 is 36.9. The highest BCUT2D eigenvalue weighted by molar-refractivity contribution is 6.01. The zero-order chi connectivity index (χ0) is 51.3. The van der Waals surface area contributed by atoms with Gasteiger partial charge < -0.3 is 44.5 Å². The van der Waals surface area contributed by atoms with Crippen LogP contribution in [-0.4, -0.2) is 102 Å². The Labute approximate surface area is 418 Å². The molecule has 2 amide bonds. The standard InChI is InChI=1S/C28H34N4O5.C26H29FN4O4/c1-19(23-8-10-24(11-9-23)28(34)36-4)29-26(33)25-20(2)30-32-13-12-31(27(25)32)17-21-6-5-7-22(16-21)18-37-15-14-35-3;1-17(21-6-8-22(9-7-21)26(33)34)28-24(32)23-18(2)29-31-12-11-30(25(23)31)15-19-4-3-5-20(14-19)16-35-13-10-27/h5-11,16,19H,12-15,17-18H2,1-4H3,(H,29,33);3-9,14,17H,10-13,15-16H2,1-2H3,(H,28,32)(H,33,34)/t19-;17-/m00/s1. The van der Waals surface area contributed by atoms with Crippen molar-refractivity contribution >= 4 is 35.4 Å². The van der Waals surface area contributed by atoms with Gasteiger partial charge in [0.05, 0.1) is 87.8 Å². The molecule has 2 atom stereocenters. The Kier molecular flexibility index (Phi) is 17.9. The number of anilines is 2. The number of aryl methyl sites for hydroxylation is 2. The van der Waals surface area contributed by atoms with E-state index in [1.807, 2.05) is 85.6 Å². The first-order valence-electron chi connectivity index (χ1n) is 23.9. The number of hydrogen-bond acceptors (Lipinski definition) is 12. The molecule has 17 nitrogen and oxygen atoms in total. The van der Waals surface area contributed by atoms with Crippen molar-refractivity contribution in [3.63, 3.8) is 0 Å². The van der Waals surface area contributed by atoms with E-state index in [1.54, 1.807) is 31.4 Å². The maximum absolute atomic E-state index is 13.4. The van der Waals surface area contributed by atoms with Crippen LogP contribution in [0.25, 0.3) is 0 Å². The molecule has 0 saturated heterocycles. The van der Waals surface area contributed by atoms with Crippen molar-refractivity contribution in [1.29, 1.82) is 0 Å². The van der Waals surface area contributed by atoms with Gasteiger partial charge in [-0.05, 0) is 85.3 Å². The van der Waals surface area contributed by atoms with E-state index in [9.17, 15) is 23.6 Å². The molecule has 0 bridgehead atoms. The van der Waals surface area contributed by atoms with Gasteiger partial charge in [0.15, 0.2) is 0 Å². The molecule has 8 rings (SSSR count). The summed E-state index contributed by atoms with van der Waals surface area (Å²) in [5.41, 5.74) is 9.15. The van der Waals surface area contributed by atoms with E-state index in [0.717, 1.165) is 64.7 Å². The number of nitrogens with one attached hydrogen (secondary N) is 2. The average Bonchev–Trinajstić information content (AvgIpc) is 4.13. The maximum atomic E-state index is 13.4. The van der Waals surface area contributed by atoms with Crippen molar-refractivity contribution in [1.82, 2.24) is 30.2 Å². The number of halogens is 1. The van der Waals surface area contributed by atoms with E-state index in [-0.39, 0.29) is 36.1 Å². The third-order valence-electron chi connectivity index (χ3n) is 12.5. The molecule has 2 aromatic heterocycles. The fraction of sp³-hybridized carbons (Fsp3) is 0.370. The second-order valence-electron chi connectivity index (χ2n) is 17.7. The van der Waals surface area contributed by atoms with Gasteiger partial charge in [0, 0.05) is 33.3 Å². The lowest BCUT2D eigenvalue weighted by molar-refractivity contribution is 0.0599. The molecule has 2 aliphatic heterocycles. The molecule has 0 unspecified atom stereocenters. The summed E-state index contributed by atoms with van der Waals surface area (Å²) in [7, 11) is 3.01. The summed E-state index contributed by atoms with van der Waals surface area (Å²) in [6.07, 6.45) is 0. The number of fused-ring (bicyclic) bond motifs is 2. The largest absolute Gasteiger partial charge is 0.478 e. The molecule has 4 heterocycles. The average molecular weight is 987 g/mol. The Bertz CT molecular complexity index is 2830. The van der Waals surface area contributed by atoms with Crippen LogP contribution in [0.4, 0.5) is 16.0 Å². The highest BCUT2D eigenvalue weighted by Crippen LogP contribution is 2.32. The van der Waals surface area contributed by atoms with Crippen molar-refractivity contribution < 1.29 is 47.6 Å². The van der Waals surface area contributed by atoms with Crippen LogP contribution in [0, 0.1) is 13.8 Å². The third-order valence-corrected chi connectivity index (χ3v) is 12.5. The summed E-state index contributed by atoms with van der Waals surface area (Å²) in [5.74, 6) is -0.150. The van der Waals surface area contributed by atoms with E-state index < -0.39 is 18.6 Å². The van der Waals surface area contributed by atoms with E-state index in [4.69, 9.17) is 24.1 Å². The second-order valence-corrected chi connectivity index (χ2v) is 17.7. The zero-order valence-corrected chi connectivity index (χ0v) is 41.7. The van der Waals surface area contributed by atoms with E-state index >= 15 is 0 Å². The number of carboxylic acid groups (broad SMARTS) is 1. The van der Waals surface area contributed by atoms with Crippen LogP contribution in [0.1, 0.15) is 112 Å². The number of amides is 2. The fourth-order valence-corrected chi connectivity index (χ4v) is 8.87. The van der Waals surface area contributed by atoms with Crippen molar-refractivity contribution in [3.05, 3.63) is 164 Å². The zero-order valence-electron chi connectivity index (χ0n) is 41.7. The summed E-state index contributed by atoms with van der Waals surface area (Å²) in [6.45, 7) is 13.3. The van der Waals surface area contributed by atoms with E-state index in [1.165, 1.54) is 19.2 Å². The van der Waals surface area contributed by atoms with E-state index in [2.05, 4.69) is 42.8 Å². The number of benzene rings is 4. The number of nitrogens with zero attached hydrogens (tertiary/aromatic N) is 6. The van der Waals surface area contributed by atoms with Crippen molar-refractivity contribution in [3.8, 4) is 0 Å².